The van der Waals surface area contributed by atoms with Crippen LogP contribution in [-0.4, -0.2) is 15.7 Å². The Morgan fingerprint density at radius 1 is 1.37 bits per heavy atom. The maximum absolute atomic E-state index is 11.2. The first-order valence-electron chi connectivity index (χ1n) is 5.80. The summed E-state index contributed by atoms with van der Waals surface area (Å²) < 4.78 is 1.90. The highest BCUT2D eigenvalue weighted by molar-refractivity contribution is 7.15. The summed E-state index contributed by atoms with van der Waals surface area (Å²) in [5, 5.41) is 2.75. The van der Waals surface area contributed by atoms with Crippen LogP contribution >= 0.6 is 22.9 Å². The first-order valence-corrected chi connectivity index (χ1v) is 7.06. The Bertz CT molecular complexity index is 788. The van der Waals surface area contributed by atoms with Crippen molar-refractivity contribution in [2.75, 3.05) is 0 Å². The molecule has 96 valence electrons. The number of aldehydes is 1. The van der Waals surface area contributed by atoms with Crippen molar-refractivity contribution in [2.45, 2.75) is 13.8 Å². The van der Waals surface area contributed by atoms with Crippen molar-refractivity contribution in [3.05, 3.63) is 45.6 Å². The summed E-state index contributed by atoms with van der Waals surface area (Å²) in [6.07, 6.45) is 0.855. The van der Waals surface area contributed by atoms with Crippen LogP contribution in [0.1, 0.15) is 21.7 Å². The Hall–Kier alpha value is -1.65. The third kappa shape index (κ3) is 1.88. The Kier molecular flexibility index (Phi) is 2.92. The Balaban J connectivity index is 2.30. The van der Waals surface area contributed by atoms with Gasteiger partial charge in [-0.25, -0.2) is 4.98 Å². The molecule has 0 aliphatic carbocycles. The number of halogens is 1. The van der Waals surface area contributed by atoms with Crippen LogP contribution in [0.4, 0.5) is 0 Å². The second-order valence-corrected chi connectivity index (χ2v) is 5.65. The van der Waals surface area contributed by atoms with E-state index in [1.165, 1.54) is 11.3 Å². The zero-order chi connectivity index (χ0) is 13.6. The molecule has 0 saturated heterocycles. The molecule has 1 aromatic carbocycles. The van der Waals surface area contributed by atoms with Gasteiger partial charge in [-0.1, -0.05) is 17.7 Å². The molecule has 0 spiro atoms. The van der Waals surface area contributed by atoms with Crippen molar-refractivity contribution in [1.29, 1.82) is 0 Å². The van der Waals surface area contributed by atoms with E-state index in [0.29, 0.717) is 5.69 Å². The topological polar surface area (TPSA) is 34.4 Å². The predicted octanol–water partition coefficient (Wildman–Crippen LogP) is 4.15. The fourth-order valence-electron chi connectivity index (χ4n) is 2.13. The maximum atomic E-state index is 11.2. The van der Waals surface area contributed by atoms with Crippen molar-refractivity contribution in [3.63, 3.8) is 0 Å². The van der Waals surface area contributed by atoms with Gasteiger partial charge < -0.3 is 0 Å². The fourth-order valence-corrected chi connectivity index (χ4v) is 3.20. The Labute approximate surface area is 119 Å². The smallest absolute Gasteiger partial charge is 0.194 e. The van der Waals surface area contributed by atoms with Crippen LogP contribution in [0.2, 0.25) is 5.02 Å². The fraction of sp³-hybridized carbons (Fsp3) is 0.143. The minimum Gasteiger partial charge on any atom is -0.296 e. The number of aromatic nitrogens is 2. The minimum atomic E-state index is 0.610. The summed E-state index contributed by atoms with van der Waals surface area (Å²) in [5.74, 6) is 0. The van der Waals surface area contributed by atoms with Gasteiger partial charge in [0, 0.05) is 10.4 Å². The number of rotatable bonds is 2. The Morgan fingerprint density at radius 3 is 2.84 bits per heavy atom. The molecule has 0 unspecified atom stereocenters. The lowest BCUT2D eigenvalue weighted by molar-refractivity contribution is 0.111. The van der Waals surface area contributed by atoms with Crippen molar-refractivity contribution < 1.29 is 4.79 Å². The lowest BCUT2D eigenvalue weighted by Crippen LogP contribution is -1.93. The number of hydrogen-bond donors (Lipinski definition) is 0. The number of imidazole rings is 1. The lowest BCUT2D eigenvalue weighted by Gasteiger charge is -2.04. The molecule has 0 amide bonds. The number of carbonyl (C=O) groups is 1. The average Bonchev–Trinajstić information content (AvgIpc) is 2.90. The first kappa shape index (κ1) is 12.4. The van der Waals surface area contributed by atoms with Crippen molar-refractivity contribution in [1.82, 2.24) is 9.38 Å². The molecule has 0 radical (unpaired) electrons. The summed E-state index contributed by atoms with van der Waals surface area (Å²) in [6.45, 7) is 3.82. The Morgan fingerprint density at radius 2 is 2.16 bits per heavy atom. The van der Waals surface area contributed by atoms with Gasteiger partial charge in [0.2, 0.25) is 0 Å². The summed E-state index contributed by atoms with van der Waals surface area (Å²) >= 11 is 7.58. The zero-order valence-electron chi connectivity index (χ0n) is 10.5. The largest absolute Gasteiger partial charge is 0.296 e. The van der Waals surface area contributed by atoms with Gasteiger partial charge in [0.25, 0.3) is 0 Å². The summed E-state index contributed by atoms with van der Waals surface area (Å²) in [6, 6.07) is 5.86. The van der Waals surface area contributed by atoms with Gasteiger partial charge in [0.05, 0.1) is 11.4 Å². The van der Waals surface area contributed by atoms with E-state index in [1.54, 1.807) is 0 Å². The second-order valence-electron chi connectivity index (χ2n) is 4.40. The van der Waals surface area contributed by atoms with Crippen LogP contribution in [0.3, 0.4) is 0 Å². The lowest BCUT2D eigenvalue weighted by atomic mass is 10.1. The van der Waals surface area contributed by atoms with Crippen LogP contribution in [0.5, 0.6) is 0 Å². The van der Waals surface area contributed by atoms with Crippen LogP contribution < -0.4 is 0 Å². The monoisotopic (exact) mass is 290 g/mol. The molecule has 5 heteroatoms. The van der Waals surface area contributed by atoms with Crippen LogP contribution in [0, 0.1) is 13.8 Å². The number of nitrogens with zero attached hydrogens (tertiary/aromatic N) is 2. The number of benzene rings is 1. The van der Waals surface area contributed by atoms with Crippen molar-refractivity contribution in [2.24, 2.45) is 0 Å². The van der Waals surface area contributed by atoms with Gasteiger partial charge in [-0.05, 0) is 37.1 Å². The third-order valence-corrected chi connectivity index (χ3v) is 4.40. The number of carbonyl (C=O) groups excluding carboxylic acids is 1. The molecular formula is C14H11ClN2OS. The predicted molar refractivity (Wildman–Crippen MR) is 78.4 cm³/mol. The molecule has 0 aliphatic rings. The van der Waals surface area contributed by atoms with Gasteiger partial charge in [-0.15, -0.1) is 11.3 Å². The van der Waals surface area contributed by atoms with E-state index in [9.17, 15) is 4.79 Å². The molecule has 3 rings (SSSR count). The molecule has 0 aliphatic heterocycles. The highest BCUT2D eigenvalue weighted by atomic mass is 35.5. The number of fused-ring (bicyclic) bond motifs is 1. The van der Waals surface area contributed by atoms with Gasteiger partial charge in [0.1, 0.15) is 5.69 Å². The van der Waals surface area contributed by atoms with E-state index in [1.807, 2.05) is 41.8 Å². The molecule has 0 bridgehead atoms. The molecule has 19 heavy (non-hydrogen) atoms. The quantitative estimate of drug-likeness (QED) is 0.665. The van der Waals surface area contributed by atoms with Gasteiger partial charge >= 0.3 is 0 Å². The molecule has 2 aromatic heterocycles. The van der Waals surface area contributed by atoms with E-state index in [0.717, 1.165) is 38.8 Å². The highest BCUT2D eigenvalue weighted by Crippen LogP contribution is 2.30. The number of thiazole rings is 1. The van der Waals surface area contributed by atoms with E-state index in [-0.39, 0.29) is 0 Å². The number of hydrogen-bond acceptors (Lipinski definition) is 3. The summed E-state index contributed by atoms with van der Waals surface area (Å²) in [5.41, 5.74) is 4.40. The van der Waals surface area contributed by atoms with E-state index >= 15 is 0 Å². The molecule has 0 fully saturated rings. The number of aryl methyl sites for hydroxylation is 2. The van der Waals surface area contributed by atoms with E-state index in [4.69, 9.17) is 11.6 Å². The van der Waals surface area contributed by atoms with Crippen LogP contribution in [0.25, 0.3) is 16.2 Å². The zero-order valence-corrected chi connectivity index (χ0v) is 12.0. The van der Waals surface area contributed by atoms with Crippen LogP contribution in [0.15, 0.2) is 23.6 Å². The van der Waals surface area contributed by atoms with Crippen molar-refractivity contribution >= 4 is 34.2 Å². The molecular weight excluding hydrogens is 280 g/mol. The molecule has 3 nitrogen and oxygen atoms in total. The SMILES string of the molecule is Cc1cc(-c2csc3nc(C)c(C=O)n23)ccc1Cl. The van der Waals surface area contributed by atoms with Gasteiger partial charge in [-0.2, -0.15) is 0 Å². The van der Waals surface area contributed by atoms with Crippen molar-refractivity contribution in [3.8, 4) is 11.3 Å². The molecule has 0 saturated carbocycles. The minimum absolute atomic E-state index is 0.610. The highest BCUT2D eigenvalue weighted by Gasteiger charge is 2.14. The second kappa shape index (κ2) is 4.47. The van der Waals surface area contributed by atoms with Crippen LogP contribution in [-0.2, 0) is 0 Å². The standard InChI is InChI=1S/C14H11ClN2OS/c1-8-5-10(3-4-11(8)15)13-7-19-14-16-9(2)12(6-18)17(13)14/h3-7H,1-2H3. The van der Waals surface area contributed by atoms with Gasteiger partial charge in [0.15, 0.2) is 11.2 Å². The normalized spacial score (nSPS) is 11.1. The summed E-state index contributed by atoms with van der Waals surface area (Å²) in [7, 11) is 0. The van der Waals surface area contributed by atoms with Gasteiger partial charge in [-0.3, -0.25) is 9.20 Å². The molecule has 0 N–H and O–H groups in total. The average molecular weight is 291 g/mol. The molecule has 3 aromatic rings. The first-order chi connectivity index (χ1) is 9.11. The van der Waals surface area contributed by atoms with E-state index in [2.05, 4.69) is 4.98 Å². The maximum Gasteiger partial charge on any atom is 0.194 e. The third-order valence-electron chi connectivity index (χ3n) is 3.15. The summed E-state index contributed by atoms with van der Waals surface area (Å²) in [4.78, 5) is 16.5. The molecule has 2 heterocycles. The van der Waals surface area contributed by atoms with E-state index < -0.39 is 0 Å². The molecule has 0 atom stereocenters.